The van der Waals surface area contributed by atoms with E-state index >= 15 is 0 Å². The molecule has 3 heterocycles. The smallest absolute Gasteiger partial charge is 0.227 e. The van der Waals surface area contributed by atoms with Gasteiger partial charge in [-0.25, -0.2) is 0 Å². The Bertz CT molecular complexity index is 469. The lowest BCUT2D eigenvalue weighted by molar-refractivity contribution is -0.136. The van der Waals surface area contributed by atoms with Crippen LogP contribution in [0.3, 0.4) is 0 Å². The van der Waals surface area contributed by atoms with Gasteiger partial charge in [-0.15, -0.1) is 24.8 Å². The molecule has 2 saturated heterocycles. The van der Waals surface area contributed by atoms with E-state index in [9.17, 15) is 4.79 Å². The zero-order valence-electron chi connectivity index (χ0n) is 12.8. The van der Waals surface area contributed by atoms with Gasteiger partial charge in [0.15, 0.2) is 5.76 Å². The summed E-state index contributed by atoms with van der Waals surface area (Å²) in [5.41, 5.74) is 0.919. The first kappa shape index (κ1) is 19.2. The van der Waals surface area contributed by atoms with Crippen LogP contribution in [0.5, 0.6) is 0 Å². The molecule has 0 aliphatic carbocycles. The number of carbonyl (C=O) groups is 1. The summed E-state index contributed by atoms with van der Waals surface area (Å²) in [5, 5.41) is 7.16. The van der Waals surface area contributed by atoms with E-state index in [2.05, 4.69) is 15.4 Å². The Morgan fingerprint density at radius 2 is 2.09 bits per heavy atom. The van der Waals surface area contributed by atoms with Gasteiger partial charge < -0.3 is 14.7 Å². The van der Waals surface area contributed by atoms with E-state index in [0.29, 0.717) is 5.91 Å². The molecule has 0 saturated carbocycles. The first-order valence-corrected chi connectivity index (χ1v) is 7.36. The lowest BCUT2D eigenvalue weighted by Crippen LogP contribution is -2.50. The van der Waals surface area contributed by atoms with Crippen LogP contribution in [0, 0.1) is 12.8 Å². The van der Waals surface area contributed by atoms with Crippen molar-refractivity contribution in [3.8, 4) is 0 Å². The van der Waals surface area contributed by atoms with Gasteiger partial charge in [-0.1, -0.05) is 5.16 Å². The molecule has 126 valence electrons. The summed E-state index contributed by atoms with van der Waals surface area (Å²) in [6.07, 6.45) is 0.983. The predicted octanol–water partition coefficient (Wildman–Crippen LogP) is 1.08. The summed E-state index contributed by atoms with van der Waals surface area (Å²) >= 11 is 0. The van der Waals surface area contributed by atoms with Gasteiger partial charge in [0.1, 0.15) is 0 Å². The van der Waals surface area contributed by atoms with Crippen molar-refractivity contribution in [3.63, 3.8) is 0 Å². The molecule has 6 nitrogen and oxygen atoms in total. The van der Waals surface area contributed by atoms with Gasteiger partial charge >= 0.3 is 0 Å². The molecule has 2 fully saturated rings. The van der Waals surface area contributed by atoms with E-state index in [4.69, 9.17) is 4.52 Å². The predicted molar refractivity (Wildman–Crippen MR) is 88.6 cm³/mol. The van der Waals surface area contributed by atoms with E-state index in [-0.39, 0.29) is 30.7 Å². The number of nitrogens with one attached hydrogen (secondary N) is 1. The summed E-state index contributed by atoms with van der Waals surface area (Å²) in [4.78, 5) is 16.6. The maximum atomic E-state index is 12.3. The molecule has 1 aromatic rings. The summed E-state index contributed by atoms with van der Waals surface area (Å²) in [6.45, 7) is 7.99. The van der Waals surface area contributed by atoms with Crippen LogP contribution < -0.4 is 5.32 Å². The fraction of sp³-hybridized carbons (Fsp3) is 0.714. The number of amides is 1. The third-order valence-corrected chi connectivity index (χ3v) is 4.15. The number of carbonyl (C=O) groups excluding carboxylic acids is 1. The van der Waals surface area contributed by atoms with Crippen molar-refractivity contribution in [2.24, 2.45) is 5.92 Å². The molecule has 1 aromatic heterocycles. The number of halogens is 2. The van der Waals surface area contributed by atoms with Crippen LogP contribution in [0.2, 0.25) is 0 Å². The Kier molecular flexibility index (Phi) is 7.62. The van der Waals surface area contributed by atoms with Gasteiger partial charge in [0.05, 0.1) is 18.2 Å². The average molecular weight is 351 g/mol. The molecule has 0 spiro atoms. The minimum absolute atomic E-state index is 0. The molecular formula is C14H24Cl2N4O2. The highest BCUT2D eigenvalue weighted by Crippen LogP contribution is 2.15. The van der Waals surface area contributed by atoms with E-state index in [1.54, 1.807) is 0 Å². The molecule has 1 atom stereocenters. The minimum Gasteiger partial charge on any atom is -0.360 e. The van der Waals surface area contributed by atoms with Crippen LogP contribution in [0.1, 0.15) is 17.9 Å². The fourth-order valence-electron chi connectivity index (χ4n) is 2.96. The van der Waals surface area contributed by atoms with Crippen LogP contribution in [0.15, 0.2) is 10.6 Å². The molecule has 0 bridgehead atoms. The van der Waals surface area contributed by atoms with Crippen molar-refractivity contribution in [1.82, 2.24) is 20.3 Å². The van der Waals surface area contributed by atoms with Crippen molar-refractivity contribution in [3.05, 3.63) is 17.5 Å². The summed E-state index contributed by atoms with van der Waals surface area (Å²) in [7, 11) is 0. The monoisotopic (exact) mass is 350 g/mol. The van der Waals surface area contributed by atoms with E-state index in [0.717, 1.165) is 63.7 Å². The first-order valence-electron chi connectivity index (χ1n) is 7.36. The summed E-state index contributed by atoms with van der Waals surface area (Å²) in [6, 6.07) is 1.97. The number of nitrogens with zero attached hydrogens (tertiary/aromatic N) is 3. The van der Waals surface area contributed by atoms with Crippen molar-refractivity contribution in [1.29, 1.82) is 0 Å². The maximum Gasteiger partial charge on any atom is 0.227 e. The van der Waals surface area contributed by atoms with Crippen LogP contribution in [0.25, 0.3) is 0 Å². The number of hydrogen-bond acceptors (Lipinski definition) is 5. The quantitative estimate of drug-likeness (QED) is 0.883. The van der Waals surface area contributed by atoms with E-state index < -0.39 is 0 Å². The van der Waals surface area contributed by atoms with Crippen molar-refractivity contribution in [2.45, 2.75) is 19.9 Å². The van der Waals surface area contributed by atoms with Crippen LogP contribution in [-0.4, -0.2) is 60.1 Å². The number of rotatable bonds is 3. The molecular weight excluding hydrogens is 327 g/mol. The second-order valence-corrected chi connectivity index (χ2v) is 5.73. The lowest BCUT2D eigenvalue weighted by atomic mass is 10.1. The highest BCUT2D eigenvalue weighted by molar-refractivity contribution is 5.85. The Hall–Kier alpha value is -0.820. The van der Waals surface area contributed by atoms with Gasteiger partial charge in [0.2, 0.25) is 5.91 Å². The average Bonchev–Trinajstić information content (AvgIpc) is 3.11. The second-order valence-electron chi connectivity index (χ2n) is 5.73. The molecule has 1 N–H and O–H groups in total. The molecule has 8 heteroatoms. The topological polar surface area (TPSA) is 61.6 Å². The first-order chi connectivity index (χ1) is 9.72. The van der Waals surface area contributed by atoms with Gasteiger partial charge in [0.25, 0.3) is 0 Å². The highest BCUT2D eigenvalue weighted by Gasteiger charge is 2.29. The zero-order valence-corrected chi connectivity index (χ0v) is 14.4. The Balaban J connectivity index is 0.00000121. The molecule has 3 rings (SSSR count). The number of aryl methyl sites for hydroxylation is 1. The molecule has 2 aliphatic rings. The van der Waals surface area contributed by atoms with E-state index in [1.807, 2.05) is 17.9 Å². The van der Waals surface area contributed by atoms with Gasteiger partial charge in [0, 0.05) is 38.8 Å². The maximum absolute atomic E-state index is 12.3. The summed E-state index contributed by atoms with van der Waals surface area (Å²) < 4.78 is 5.24. The third-order valence-electron chi connectivity index (χ3n) is 4.15. The second kappa shape index (κ2) is 8.72. The Labute approximate surface area is 143 Å². The standard InChI is InChI=1S/C14H22N4O2.2ClH/c1-11-8-13(20-16-11)10-17-4-6-18(7-5-17)14(19)12-2-3-15-9-12;;/h8,12,15H,2-7,9-10H2,1H3;2*1H. The van der Waals surface area contributed by atoms with Crippen LogP contribution >= 0.6 is 24.8 Å². The number of aromatic nitrogens is 1. The normalized spacial score (nSPS) is 22.0. The largest absolute Gasteiger partial charge is 0.360 e. The van der Waals surface area contributed by atoms with Gasteiger partial charge in [-0.2, -0.15) is 0 Å². The minimum atomic E-state index is 0. The molecule has 22 heavy (non-hydrogen) atoms. The van der Waals surface area contributed by atoms with Gasteiger partial charge in [-0.3, -0.25) is 9.69 Å². The van der Waals surface area contributed by atoms with Crippen LogP contribution in [-0.2, 0) is 11.3 Å². The number of piperazine rings is 1. The Morgan fingerprint density at radius 1 is 1.36 bits per heavy atom. The summed E-state index contributed by atoms with van der Waals surface area (Å²) in [5.74, 6) is 1.42. The molecule has 1 amide bonds. The third kappa shape index (κ3) is 4.59. The van der Waals surface area contributed by atoms with Crippen molar-refractivity contribution < 1.29 is 9.32 Å². The Morgan fingerprint density at radius 3 is 2.64 bits per heavy atom. The van der Waals surface area contributed by atoms with Crippen LogP contribution in [0.4, 0.5) is 0 Å². The zero-order chi connectivity index (χ0) is 13.9. The molecule has 2 aliphatic heterocycles. The van der Waals surface area contributed by atoms with Gasteiger partial charge in [-0.05, 0) is 19.9 Å². The number of hydrogen-bond donors (Lipinski definition) is 1. The van der Waals surface area contributed by atoms with Crippen molar-refractivity contribution >= 4 is 30.7 Å². The van der Waals surface area contributed by atoms with Crippen molar-refractivity contribution in [2.75, 3.05) is 39.3 Å². The molecule has 1 unspecified atom stereocenters. The SMILES string of the molecule is Cc1cc(CN2CCN(C(=O)C3CCNC3)CC2)on1.Cl.Cl. The molecule has 0 radical (unpaired) electrons. The van der Waals surface area contributed by atoms with E-state index in [1.165, 1.54) is 0 Å². The lowest BCUT2D eigenvalue weighted by Gasteiger charge is -2.35. The highest BCUT2D eigenvalue weighted by atomic mass is 35.5. The fourth-order valence-corrected chi connectivity index (χ4v) is 2.96. The molecule has 0 aromatic carbocycles.